The smallest absolute Gasteiger partial charge is 0.187 e. The molecule has 0 unspecified atom stereocenters. The summed E-state index contributed by atoms with van der Waals surface area (Å²) in [6.45, 7) is -10.1. The number of rotatable bonds is 28. The Morgan fingerprint density at radius 3 is 0.577 bits per heavy atom. The lowest BCUT2D eigenvalue weighted by molar-refractivity contribution is -0.400. The molecule has 0 aliphatic carbocycles. The van der Waals surface area contributed by atoms with E-state index in [2.05, 4.69) is 0 Å². The Bertz CT molecular complexity index is 2780. The molecule has 648 valence electrons. The quantitative estimate of drug-likeness (QED) is 0.0346. The fourth-order valence-corrected chi connectivity index (χ4v) is 14.2. The summed E-state index contributed by atoms with van der Waals surface area (Å²) in [7, 11) is 0. The zero-order valence-corrected chi connectivity index (χ0v) is 58.0. The monoisotopic (exact) mass is 1640 g/mol. The van der Waals surface area contributed by atoms with E-state index < -0.39 is 373 Å². The Hall–Kier alpha value is -2.04. The van der Waals surface area contributed by atoms with Crippen LogP contribution in [0.5, 0.6) is 0 Å². The lowest BCUT2D eigenvalue weighted by Gasteiger charge is -2.50. The molecule has 0 aromatic rings. The Labute approximate surface area is 625 Å². The number of aliphatic hydroxyl groups excluding tert-OH is 32. The highest BCUT2D eigenvalue weighted by Crippen LogP contribution is 2.40. The maximum absolute atomic E-state index is 11.9. The van der Waals surface area contributed by atoms with Gasteiger partial charge in [0.1, 0.15) is 244 Å². The van der Waals surface area contributed by atoms with Crippen molar-refractivity contribution < 1.29 is 253 Å². The highest BCUT2D eigenvalue weighted by Gasteiger charge is 2.60. The second-order valence-corrected chi connectivity index (χ2v) is 28.1. The van der Waals surface area contributed by atoms with Gasteiger partial charge in [-0.2, -0.15) is 0 Å². The van der Waals surface area contributed by atoms with E-state index >= 15 is 0 Å². The number of aliphatic hydroxyl groups is 32. The van der Waals surface area contributed by atoms with E-state index in [-0.39, 0.29) is 0 Å². The molecule has 0 aromatic carbocycles. The van der Waals surface area contributed by atoms with E-state index in [0.717, 1.165) is 0 Å². The van der Waals surface area contributed by atoms with E-state index in [0.29, 0.717) is 0 Å². The summed E-state index contributed by atoms with van der Waals surface area (Å²) in [6.07, 6.45) is -102. The third-order valence-corrected chi connectivity index (χ3v) is 20.8. The van der Waals surface area contributed by atoms with Gasteiger partial charge in [-0.3, -0.25) is 0 Å². The molecular weight excluding hydrogens is 1540 g/mol. The van der Waals surface area contributed by atoms with Crippen LogP contribution in [0, 0.1) is 0 Å². The van der Waals surface area contributed by atoms with E-state index in [1.807, 2.05) is 0 Å². The van der Waals surface area contributed by atoms with Gasteiger partial charge in [-0.15, -0.1) is 0 Å². The zero-order valence-electron chi connectivity index (χ0n) is 58.0. The van der Waals surface area contributed by atoms with E-state index in [9.17, 15) is 163 Å². The molecule has 10 saturated heterocycles. The molecule has 0 saturated carbocycles. The van der Waals surface area contributed by atoms with Crippen LogP contribution in [-0.4, -0.2) is 537 Å². The van der Waals surface area contributed by atoms with Gasteiger partial charge in [0.25, 0.3) is 0 Å². The minimum atomic E-state index is -2.45. The van der Waals surface area contributed by atoms with Gasteiger partial charge in [0.2, 0.25) is 0 Å². The van der Waals surface area contributed by atoms with Gasteiger partial charge in [-0.25, -0.2) is 0 Å². The first-order valence-corrected chi connectivity index (χ1v) is 35.2. The van der Waals surface area contributed by atoms with Gasteiger partial charge in [0.05, 0.1) is 66.1 Å². The topological polar surface area (TPSA) is 823 Å². The van der Waals surface area contributed by atoms with Crippen molar-refractivity contribution in [3.63, 3.8) is 0 Å². The molecule has 0 bridgehead atoms. The number of hydrogen-bond acceptors (Lipinski definition) is 51. The van der Waals surface area contributed by atoms with Crippen LogP contribution in [0.25, 0.3) is 0 Å². The van der Waals surface area contributed by atoms with Gasteiger partial charge in [-0.1, -0.05) is 0 Å². The molecule has 10 aliphatic rings. The van der Waals surface area contributed by atoms with Crippen LogP contribution >= 0.6 is 0 Å². The maximum atomic E-state index is 11.9. The number of hydrogen-bond donors (Lipinski definition) is 32. The summed E-state index contributed by atoms with van der Waals surface area (Å²) in [6, 6.07) is 0. The van der Waals surface area contributed by atoms with E-state index in [4.69, 9.17) is 90.0 Å². The van der Waals surface area contributed by atoms with Crippen molar-refractivity contribution in [2.24, 2.45) is 0 Å². The maximum Gasteiger partial charge on any atom is 0.187 e. The van der Waals surface area contributed by atoms with Crippen LogP contribution < -0.4 is 0 Å². The molecule has 0 aromatic heterocycles. The third-order valence-electron chi connectivity index (χ3n) is 20.8. The molecule has 50 atom stereocenters. The molecular formula is C60H102O51. The van der Waals surface area contributed by atoms with Crippen molar-refractivity contribution in [1.82, 2.24) is 0 Å². The average Bonchev–Trinajstić information content (AvgIpc) is 0.768. The molecule has 0 spiro atoms. The van der Waals surface area contributed by atoms with Crippen molar-refractivity contribution >= 4 is 0 Å². The lowest BCUT2D eigenvalue weighted by Crippen LogP contribution is -2.68. The minimum absolute atomic E-state index is 0.826. The van der Waals surface area contributed by atoms with Gasteiger partial charge in [0, 0.05) is 0 Å². The first kappa shape index (κ1) is 91.3. The molecule has 10 aliphatic heterocycles. The van der Waals surface area contributed by atoms with Crippen molar-refractivity contribution in [2.45, 2.75) is 307 Å². The van der Waals surface area contributed by atoms with Crippen LogP contribution in [0.2, 0.25) is 0 Å². The fraction of sp³-hybridized carbons (Fsp3) is 1.00. The molecule has 32 N–H and O–H groups in total. The van der Waals surface area contributed by atoms with Crippen molar-refractivity contribution in [3.05, 3.63) is 0 Å². The molecule has 51 heteroatoms. The van der Waals surface area contributed by atoms with Gasteiger partial charge in [0.15, 0.2) is 62.9 Å². The van der Waals surface area contributed by atoms with Crippen LogP contribution in [0.1, 0.15) is 0 Å². The SMILES string of the molecule is OC[C@H]1O[C@H](OC[C@H]2O[C@@H](O[C@H]3[C@H](O)[C@H](O)[C@H](O[C@H]4[C@H](O)[C@H](O)[C@H](O[C@H]5[C@H](O)[C@H](O)[C@H](O[C@H]6[C@H](O)[C@H](O)[C@H](O[C@H]7[C@H](O)[C@H](O)[C@H](O[C@H]8[C@H](O)[C@H](O)[C@H](O)O[C@@H]8CO[C@H]8O[C@H](CO)[C@H](O)[C@H](O)[C@H]8O)O[C@@H]7CO)O[C@@H]6CO)O[C@@H]5CO[C@H]5O[C@H](CO)[C@H](O)[C@H](O)[C@H]5O)O[C@@H]4CO)O[C@@H]3CO)[C@@H](O)[C@@H](O)[C@@H]2O)[C@H](O)[C@@H](O)[C@H]1O. The average molecular weight is 1640 g/mol. The van der Waals surface area contributed by atoms with E-state index in [1.54, 1.807) is 0 Å². The summed E-state index contributed by atoms with van der Waals surface area (Å²) < 4.78 is 107. The Morgan fingerprint density at radius 1 is 0.153 bits per heavy atom. The van der Waals surface area contributed by atoms with Crippen LogP contribution in [0.15, 0.2) is 0 Å². The third kappa shape index (κ3) is 19.2. The zero-order chi connectivity index (χ0) is 81.4. The summed E-state index contributed by atoms with van der Waals surface area (Å²) in [5.74, 6) is 0. The number of ether oxygens (including phenoxy) is 19. The lowest BCUT2D eigenvalue weighted by atomic mass is 9.95. The molecule has 111 heavy (non-hydrogen) atoms. The molecule has 10 rings (SSSR count). The second kappa shape index (κ2) is 39.4. The predicted octanol–water partition coefficient (Wildman–Crippen LogP) is -22.8. The molecule has 10 fully saturated rings. The van der Waals surface area contributed by atoms with Crippen molar-refractivity contribution in [2.75, 3.05) is 66.1 Å². The molecule has 0 radical (unpaired) electrons. The first-order valence-electron chi connectivity index (χ1n) is 35.2. The summed E-state index contributed by atoms with van der Waals surface area (Å²) >= 11 is 0. The first-order chi connectivity index (χ1) is 52.6. The van der Waals surface area contributed by atoms with Crippen LogP contribution in [-0.2, 0) is 90.0 Å². The molecule has 0 amide bonds. The summed E-state index contributed by atoms with van der Waals surface area (Å²) in [4.78, 5) is 0. The van der Waals surface area contributed by atoms with Crippen molar-refractivity contribution in [3.8, 4) is 0 Å². The second-order valence-electron chi connectivity index (χ2n) is 28.1. The van der Waals surface area contributed by atoms with E-state index in [1.165, 1.54) is 0 Å². The fourth-order valence-electron chi connectivity index (χ4n) is 14.2. The van der Waals surface area contributed by atoms with Gasteiger partial charge in [-0.05, 0) is 0 Å². The normalized spacial score (nSPS) is 53.7. The van der Waals surface area contributed by atoms with Gasteiger partial charge < -0.3 is 253 Å². The highest BCUT2D eigenvalue weighted by molar-refractivity contribution is 5.03. The summed E-state index contributed by atoms with van der Waals surface area (Å²) in [5, 5.41) is 345. The highest BCUT2D eigenvalue weighted by atomic mass is 16.8. The predicted molar refractivity (Wildman–Crippen MR) is 330 cm³/mol. The standard InChI is InChI=1S/C60H102O51/c61-1-11-21(68)25(72)36(83)52(97-11)93-8-18-24(71)28(75)39(86)55(104-18)106-45-14(4-64)100-56(40(87)30(45)77)108-47-16(6-66)103-59(43(90)33(47)80)111-50-20(10-95-54-38(85)27(74)23(70)13(3-63)99-54)105-60(44(91)34(50)81)109-48-17(7-67)101-57(41(88)31(48)78)107-46-15(5-65)102-58(42(89)32(46)79)110-49-19(96-51(92)35(82)29(49)76)9-94-53-37(84)26(73)22(69)12(2-62)98-53/h11-92H,1-10H2/t11-,12-,13-,14-,15-,16-,17-,18-,19-,20-,21+,22+,23+,24-,25+,26+,27+,28+,29-,30-,31-,32-,33-,34-,35+,36-,37-,38-,39+,40+,41+,42+,43+,44+,45-,46-,47-,48-,49-,50-,51-,52+,53+,54+,55+,56+,57+,58+,59+,60+/m1/s1. The van der Waals surface area contributed by atoms with Crippen LogP contribution in [0.3, 0.4) is 0 Å². The minimum Gasteiger partial charge on any atom is -0.394 e. The Balaban J connectivity index is 0.786. The summed E-state index contributed by atoms with van der Waals surface area (Å²) in [5.41, 5.74) is 0. The Morgan fingerprint density at radius 2 is 0.324 bits per heavy atom. The molecule has 10 heterocycles. The van der Waals surface area contributed by atoms with Crippen molar-refractivity contribution in [1.29, 1.82) is 0 Å². The largest absolute Gasteiger partial charge is 0.394 e. The molecule has 51 nitrogen and oxygen atoms in total. The Kier molecular flexibility index (Phi) is 32.4. The van der Waals surface area contributed by atoms with Crippen LogP contribution in [0.4, 0.5) is 0 Å². The van der Waals surface area contributed by atoms with Gasteiger partial charge >= 0.3 is 0 Å².